The lowest BCUT2D eigenvalue weighted by atomic mass is 9.85. The number of carbonyl (C=O) groups excluding carboxylic acids is 3. The first-order valence-corrected chi connectivity index (χ1v) is 10.6. The summed E-state index contributed by atoms with van der Waals surface area (Å²) in [6.45, 7) is 5.89. The Labute approximate surface area is 173 Å². The van der Waals surface area contributed by atoms with E-state index in [9.17, 15) is 14.4 Å². The summed E-state index contributed by atoms with van der Waals surface area (Å²) in [5.74, 6) is -1.54. The molecule has 1 aromatic carbocycles. The van der Waals surface area contributed by atoms with Gasteiger partial charge in [0.2, 0.25) is 17.7 Å². The number of thiazole rings is 1. The number of nitrogens with zero attached hydrogens (tertiary/aromatic N) is 2. The van der Waals surface area contributed by atoms with Crippen LogP contribution in [0.5, 0.6) is 0 Å². The molecule has 0 saturated carbocycles. The SMILES string of the molecule is Cc1cc(C)c(-c2csc(NC(=O)CN3C(=O)[C@H]4CC=CC[C@H]4C3=O)n2)c(C)c1. The normalized spacial score (nSPS) is 20.9. The molecule has 29 heavy (non-hydrogen) atoms. The van der Waals surface area contributed by atoms with Crippen LogP contribution in [0.2, 0.25) is 0 Å². The molecule has 4 rings (SSSR count). The third-order valence-electron chi connectivity index (χ3n) is 5.58. The Balaban J connectivity index is 1.45. The molecule has 150 valence electrons. The van der Waals surface area contributed by atoms with Crippen LogP contribution in [0, 0.1) is 32.6 Å². The number of hydrogen-bond donors (Lipinski definition) is 1. The highest BCUT2D eigenvalue weighted by molar-refractivity contribution is 7.14. The van der Waals surface area contributed by atoms with Crippen molar-refractivity contribution < 1.29 is 14.4 Å². The molecular formula is C22H23N3O3S. The number of aromatic nitrogens is 1. The van der Waals surface area contributed by atoms with Gasteiger partial charge in [-0.15, -0.1) is 11.3 Å². The molecule has 1 aliphatic carbocycles. The number of likely N-dealkylation sites (tertiary alicyclic amines) is 1. The molecule has 2 aromatic rings. The van der Waals surface area contributed by atoms with E-state index in [0.717, 1.165) is 27.3 Å². The number of hydrogen-bond acceptors (Lipinski definition) is 5. The summed E-state index contributed by atoms with van der Waals surface area (Å²) in [7, 11) is 0. The fourth-order valence-electron chi connectivity index (χ4n) is 4.36. The molecule has 1 aromatic heterocycles. The second-order valence-electron chi connectivity index (χ2n) is 7.78. The summed E-state index contributed by atoms with van der Waals surface area (Å²) in [5, 5.41) is 5.11. The van der Waals surface area contributed by atoms with Crippen LogP contribution in [0.3, 0.4) is 0 Å². The Hall–Kier alpha value is -2.80. The minimum atomic E-state index is -0.406. The molecule has 0 unspecified atom stereocenters. The van der Waals surface area contributed by atoms with Crippen molar-refractivity contribution in [3.63, 3.8) is 0 Å². The molecule has 1 N–H and O–H groups in total. The quantitative estimate of drug-likeness (QED) is 0.618. The minimum absolute atomic E-state index is 0.245. The van der Waals surface area contributed by atoms with Crippen LogP contribution in [0.25, 0.3) is 11.3 Å². The van der Waals surface area contributed by atoms with Gasteiger partial charge in [-0.1, -0.05) is 29.8 Å². The van der Waals surface area contributed by atoms with E-state index < -0.39 is 5.91 Å². The molecular weight excluding hydrogens is 386 g/mol. The number of benzene rings is 1. The number of imide groups is 1. The van der Waals surface area contributed by atoms with Gasteiger partial charge in [0.15, 0.2) is 5.13 Å². The first-order chi connectivity index (χ1) is 13.8. The third kappa shape index (κ3) is 3.62. The maximum atomic E-state index is 12.5. The number of allylic oxidation sites excluding steroid dienone is 2. The van der Waals surface area contributed by atoms with Crippen molar-refractivity contribution in [3.8, 4) is 11.3 Å². The highest BCUT2D eigenvalue weighted by Gasteiger charge is 2.47. The van der Waals surface area contributed by atoms with E-state index in [1.807, 2.05) is 31.4 Å². The Morgan fingerprint density at radius 3 is 2.28 bits per heavy atom. The zero-order chi connectivity index (χ0) is 20.7. The lowest BCUT2D eigenvalue weighted by Gasteiger charge is -2.14. The first kappa shape index (κ1) is 19.5. The van der Waals surface area contributed by atoms with Crippen molar-refractivity contribution in [1.29, 1.82) is 0 Å². The Morgan fingerprint density at radius 1 is 1.10 bits per heavy atom. The molecule has 1 saturated heterocycles. The summed E-state index contributed by atoms with van der Waals surface area (Å²) < 4.78 is 0. The van der Waals surface area contributed by atoms with Gasteiger partial charge in [0.1, 0.15) is 6.54 Å². The summed E-state index contributed by atoms with van der Waals surface area (Å²) >= 11 is 1.33. The van der Waals surface area contributed by atoms with Crippen LogP contribution in [0.1, 0.15) is 29.5 Å². The summed E-state index contributed by atoms with van der Waals surface area (Å²) in [6.07, 6.45) is 5.00. The highest BCUT2D eigenvalue weighted by atomic mass is 32.1. The highest BCUT2D eigenvalue weighted by Crippen LogP contribution is 2.35. The lowest BCUT2D eigenvalue weighted by molar-refractivity contribution is -0.142. The van der Waals surface area contributed by atoms with E-state index in [1.165, 1.54) is 16.9 Å². The molecule has 2 aliphatic rings. The van der Waals surface area contributed by atoms with Crippen LogP contribution >= 0.6 is 11.3 Å². The van der Waals surface area contributed by atoms with Gasteiger partial charge in [-0.2, -0.15) is 0 Å². The van der Waals surface area contributed by atoms with E-state index in [1.54, 1.807) is 0 Å². The predicted octanol–water partition coefficient (Wildman–Crippen LogP) is 3.63. The largest absolute Gasteiger partial charge is 0.300 e. The van der Waals surface area contributed by atoms with Crippen LogP contribution < -0.4 is 5.32 Å². The van der Waals surface area contributed by atoms with Crippen molar-refractivity contribution in [2.45, 2.75) is 33.6 Å². The van der Waals surface area contributed by atoms with Crippen molar-refractivity contribution in [2.75, 3.05) is 11.9 Å². The topological polar surface area (TPSA) is 79.4 Å². The zero-order valence-electron chi connectivity index (χ0n) is 16.7. The molecule has 0 bridgehead atoms. The molecule has 1 aliphatic heterocycles. The van der Waals surface area contributed by atoms with Crippen molar-refractivity contribution in [1.82, 2.24) is 9.88 Å². The molecule has 7 heteroatoms. The van der Waals surface area contributed by atoms with Gasteiger partial charge < -0.3 is 5.32 Å². The molecule has 2 atom stereocenters. The number of aryl methyl sites for hydroxylation is 3. The van der Waals surface area contributed by atoms with Gasteiger partial charge >= 0.3 is 0 Å². The van der Waals surface area contributed by atoms with E-state index in [-0.39, 0.29) is 30.2 Å². The average molecular weight is 410 g/mol. The number of anilines is 1. The van der Waals surface area contributed by atoms with E-state index in [4.69, 9.17) is 0 Å². The van der Waals surface area contributed by atoms with Crippen LogP contribution in [0.4, 0.5) is 5.13 Å². The minimum Gasteiger partial charge on any atom is -0.300 e. The van der Waals surface area contributed by atoms with E-state index in [0.29, 0.717) is 18.0 Å². The van der Waals surface area contributed by atoms with Crippen molar-refractivity contribution >= 4 is 34.2 Å². The van der Waals surface area contributed by atoms with E-state index in [2.05, 4.69) is 29.4 Å². The number of fused-ring (bicyclic) bond motifs is 1. The first-order valence-electron chi connectivity index (χ1n) is 9.69. The standard InChI is InChI=1S/C22H23N3O3S/c1-12-8-13(2)19(14(3)9-12)17-11-29-22(23-17)24-18(26)10-25-20(27)15-6-4-5-7-16(15)21(25)28/h4-5,8-9,11,15-16H,6-7,10H2,1-3H3,(H,23,24,26)/t15-,16+. The zero-order valence-corrected chi connectivity index (χ0v) is 17.5. The maximum absolute atomic E-state index is 12.5. The molecule has 0 radical (unpaired) electrons. The smallest absolute Gasteiger partial charge is 0.246 e. The molecule has 6 nitrogen and oxygen atoms in total. The summed E-state index contributed by atoms with van der Waals surface area (Å²) in [5.41, 5.74) is 5.34. The fourth-order valence-corrected chi connectivity index (χ4v) is 5.07. The van der Waals surface area contributed by atoms with Crippen LogP contribution in [-0.2, 0) is 14.4 Å². The molecule has 3 amide bonds. The predicted molar refractivity (Wildman–Crippen MR) is 112 cm³/mol. The molecule has 1 fully saturated rings. The second-order valence-corrected chi connectivity index (χ2v) is 8.64. The van der Waals surface area contributed by atoms with Crippen LogP contribution in [-0.4, -0.2) is 34.2 Å². The van der Waals surface area contributed by atoms with Crippen molar-refractivity contribution in [2.24, 2.45) is 11.8 Å². The molecule has 0 spiro atoms. The average Bonchev–Trinajstić information content (AvgIpc) is 3.20. The van der Waals surface area contributed by atoms with E-state index >= 15 is 0 Å². The Bertz CT molecular complexity index is 991. The Morgan fingerprint density at radius 2 is 1.69 bits per heavy atom. The maximum Gasteiger partial charge on any atom is 0.246 e. The number of carbonyl (C=O) groups is 3. The van der Waals surface area contributed by atoms with Crippen molar-refractivity contribution in [3.05, 3.63) is 46.4 Å². The summed E-state index contributed by atoms with van der Waals surface area (Å²) in [6, 6.07) is 4.22. The van der Waals surface area contributed by atoms with Gasteiger partial charge in [0.25, 0.3) is 0 Å². The number of amides is 3. The Kier molecular flexibility index (Phi) is 5.08. The number of nitrogens with one attached hydrogen (secondary N) is 1. The van der Waals surface area contributed by atoms with Gasteiger partial charge in [-0.25, -0.2) is 4.98 Å². The van der Waals surface area contributed by atoms with Crippen LogP contribution in [0.15, 0.2) is 29.7 Å². The second kappa shape index (κ2) is 7.55. The fraction of sp³-hybridized carbons (Fsp3) is 0.364. The lowest BCUT2D eigenvalue weighted by Crippen LogP contribution is -2.38. The van der Waals surface area contributed by atoms with Gasteiger partial charge in [0.05, 0.1) is 17.5 Å². The molecule has 2 heterocycles. The third-order valence-corrected chi connectivity index (χ3v) is 6.34. The van der Waals surface area contributed by atoms with Gasteiger partial charge in [-0.3, -0.25) is 19.3 Å². The summed E-state index contributed by atoms with van der Waals surface area (Å²) in [4.78, 5) is 43.1. The van der Waals surface area contributed by atoms with Gasteiger partial charge in [0, 0.05) is 10.9 Å². The van der Waals surface area contributed by atoms with Gasteiger partial charge in [-0.05, 0) is 44.7 Å². The monoisotopic (exact) mass is 409 g/mol. The number of rotatable bonds is 4.